The lowest BCUT2D eigenvalue weighted by Crippen LogP contribution is -2.28. The summed E-state index contributed by atoms with van der Waals surface area (Å²) in [5.74, 6) is 1.27. The Balaban J connectivity index is 2.16. The molecule has 0 amide bonds. The third kappa shape index (κ3) is 1.31. The zero-order chi connectivity index (χ0) is 12.9. The topological polar surface area (TPSA) is 54.0 Å². The third-order valence-electron chi connectivity index (χ3n) is 3.52. The Morgan fingerprint density at radius 3 is 2.56 bits per heavy atom. The molecule has 1 aromatic carbocycles. The first-order chi connectivity index (χ1) is 8.71. The Hall–Kier alpha value is -1.59. The van der Waals surface area contributed by atoms with E-state index in [9.17, 15) is 4.79 Å². The summed E-state index contributed by atoms with van der Waals surface area (Å²) < 4.78 is 21.4. The molecule has 5 heteroatoms. The highest BCUT2D eigenvalue weighted by Crippen LogP contribution is 2.53. The second kappa shape index (κ2) is 3.96. The standard InChI is InChI=1S/C13H14O5/c1-15-6-4-7-9(8(5-6)16-2)12-10(14)13(17-3)11(7)18-12/h4-5,11-13H,1-3H3/t11-,12+,13-/m0/s1. The van der Waals surface area contributed by atoms with Crippen LogP contribution in [0.15, 0.2) is 12.1 Å². The summed E-state index contributed by atoms with van der Waals surface area (Å²) in [6.45, 7) is 0. The molecule has 3 atom stereocenters. The molecule has 0 N–H and O–H groups in total. The fourth-order valence-corrected chi connectivity index (χ4v) is 2.69. The van der Waals surface area contributed by atoms with Gasteiger partial charge in [0.2, 0.25) is 0 Å². The van der Waals surface area contributed by atoms with Gasteiger partial charge >= 0.3 is 0 Å². The summed E-state index contributed by atoms with van der Waals surface area (Å²) in [6, 6.07) is 3.64. The number of carbonyl (C=O) groups is 1. The second-order valence-corrected chi connectivity index (χ2v) is 4.33. The van der Waals surface area contributed by atoms with Gasteiger partial charge in [-0.2, -0.15) is 0 Å². The SMILES string of the molecule is COc1cc(OC)c2c(c1)[C@@H]1O[C@H]2C(=O)[C@@H]1OC. The number of benzene rings is 1. The van der Waals surface area contributed by atoms with Gasteiger partial charge in [0.1, 0.15) is 29.8 Å². The van der Waals surface area contributed by atoms with Crippen LogP contribution in [0.2, 0.25) is 0 Å². The average molecular weight is 250 g/mol. The number of rotatable bonds is 3. The van der Waals surface area contributed by atoms with Gasteiger partial charge in [-0.1, -0.05) is 0 Å². The van der Waals surface area contributed by atoms with E-state index in [0.717, 1.165) is 11.1 Å². The van der Waals surface area contributed by atoms with E-state index in [1.54, 1.807) is 20.3 Å². The fourth-order valence-electron chi connectivity index (χ4n) is 2.69. The van der Waals surface area contributed by atoms with Crippen LogP contribution in [-0.2, 0) is 14.3 Å². The summed E-state index contributed by atoms with van der Waals surface area (Å²) in [4.78, 5) is 12.0. The molecule has 0 aromatic heterocycles. The average Bonchev–Trinajstić information content (AvgIpc) is 2.92. The van der Waals surface area contributed by atoms with Crippen LogP contribution in [0.5, 0.6) is 11.5 Å². The third-order valence-corrected chi connectivity index (χ3v) is 3.52. The lowest BCUT2D eigenvalue weighted by Gasteiger charge is -2.21. The lowest BCUT2D eigenvalue weighted by atomic mass is 9.88. The quantitative estimate of drug-likeness (QED) is 0.812. The molecule has 0 aliphatic carbocycles. The zero-order valence-electron chi connectivity index (χ0n) is 10.4. The molecule has 1 aromatic rings. The number of ketones is 1. The minimum Gasteiger partial charge on any atom is -0.497 e. The molecule has 3 rings (SSSR count). The molecule has 2 aliphatic rings. The molecule has 18 heavy (non-hydrogen) atoms. The maximum Gasteiger partial charge on any atom is 0.197 e. The van der Waals surface area contributed by atoms with Crippen molar-refractivity contribution in [1.29, 1.82) is 0 Å². The van der Waals surface area contributed by atoms with Gasteiger partial charge < -0.3 is 18.9 Å². The van der Waals surface area contributed by atoms with E-state index in [-0.39, 0.29) is 11.9 Å². The maximum absolute atomic E-state index is 12.0. The largest absolute Gasteiger partial charge is 0.497 e. The van der Waals surface area contributed by atoms with Crippen molar-refractivity contribution in [3.05, 3.63) is 23.3 Å². The molecule has 0 unspecified atom stereocenters. The van der Waals surface area contributed by atoms with Gasteiger partial charge in [0.15, 0.2) is 5.78 Å². The van der Waals surface area contributed by atoms with E-state index in [0.29, 0.717) is 11.5 Å². The first kappa shape index (κ1) is 11.5. The Morgan fingerprint density at radius 1 is 1.17 bits per heavy atom. The number of hydrogen-bond acceptors (Lipinski definition) is 5. The molecule has 2 bridgehead atoms. The van der Waals surface area contributed by atoms with Crippen LogP contribution in [0, 0.1) is 0 Å². The summed E-state index contributed by atoms with van der Waals surface area (Å²) in [7, 11) is 4.68. The number of Topliss-reactive ketones (excluding diaryl/α,β-unsaturated/α-hetero) is 1. The van der Waals surface area contributed by atoms with Crippen molar-refractivity contribution in [1.82, 2.24) is 0 Å². The molecular formula is C13H14O5. The molecular weight excluding hydrogens is 236 g/mol. The Kier molecular flexibility index (Phi) is 2.53. The van der Waals surface area contributed by atoms with E-state index >= 15 is 0 Å². The molecule has 2 aliphatic heterocycles. The first-order valence-electron chi connectivity index (χ1n) is 5.69. The highest BCUT2D eigenvalue weighted by molar-refractivity contribution is 5.94. The van der Waals surface area contributed by atoms with Crippen LogP contribution >= 0.6 is 0 Å². The van der Waals surface area contributed by atoms with Crippen molar-refractivity contribution < 1.29 is 23.7 Å². The molecule has 96 valence electrons. The van der Waals surface area contributed by atoms with Crippen molar-refractivity contribution in [2.24, 2.45) is 0 Å². The van der Waals surface area contributed by atoms with Crippen molar-refractivity contribution >= 4 is 5.78 Å². The Morgan fingerprint density at radius 2 is 1.94 bits per heavy atom. The number of carbonyl (C=O) groups excluding carboxylic acids is 1. The van der Waals surface area contributed by atoms with Gasteiger partial charge in [0.25, 0.3) is 0 Å². The number of ether oxygens (including phenoxy) is 4. The summed E-state index contributed by atoms with van der Waals surface area (Å²) in [5, 5.41) is 0. The molecule has 2 heterocycles. The van der Waals surface area contributed by atoms with Crippen LogP contribution in [0.3, 0.4) is 0 Å². The van der Waals surface area contributed by atoms with Gasteiger partial charge in [-0.05, 0) is 11.6 Å². The Labute approximate surface area is 105 Å². The van der Waals surface area contributed by atoms with E-state index in [1.807, 2.05) is 6.07 Å². The number of methoxy groups -OCH3 is 3. The number of hydrogen-bond donors (Lipinski definition) is 0. The molecule has 0 spiro atoms. The minimum atomic E-state index is -0.573. The van der Waals surface area contributed by atoms with E-state index in [2.05, 4.69) is 0 Å². The zero-order valence-corrected chi connectivity index (χ0v) is 10.4. The predicted octanol–water partition coefficient (Wildman–Crippen LogP) is 1.41. The van der Waals surface area contributed by atoms with Crippen LogP contribution in [0.4, 0.5) is 0 Å². The van der Waals surface area contributed by atoms with E-state index < -0.39 is 12.2 Å². The van der Waals surface area contributed by atoms with Gasteiger partial charge in [-0.3, -0.25) is 4.79 Å². The van der Waals surface area contributed by atoms with E-state index in [4.69, 9.17) is 18.9 Å². The van der Waals surface area contributed by atoms with Crippen molar-refractivity contribution in [3.8, 4) is 11.5 Å². The first-order valence-corrected chi connectivity index (χ1v) is 5.69. The molecule has 0 saturated carbocycles. The summed E-state index contributed by atoms with van der Waals surface area (Å²) >= 11 is 0. The second-order valence-electron chi connectivity index (χ2n) is 4.33. The molecule has 1 saturated heterocycles. The minimum absolute atomic E-state index is 0.0431. The molecule has 1 fully saturated rings. The van der Waals surface area contributed by atoms with Crippen LogP contribution < -0.4 is 9.47 Å². The predicted molar refractivity (Wildman–Crippen MR) is 61.9 cm³/mol. The van der Waals surface area contributed by atoms with E-state index in [1.165, 1.54) is 7.11 Å². The van der Waals surface area contributed by atoms with Crippen LogP contribution in [0.25, 0.3) is 0 Å². The van der Waals surface area contributed by atoms with Crippen molar-refractivity contribution in [2.75, 3.05) is 21.3 Å². The maximum atomic E-state index is 12.0. The van der Waals surface area contributed by atoms with Crippen molar-refractivity contribution in [3.63, 3.8) is 0 Å². The summed E-state index contributed by atoms with van der Waals surface area (Å²) in [5.41, 5.74) is 1.73. The van der Waals surface area contributed by atoms with Gasteiger partial charge in [-0.15, -0.1) is 0 Å². The monoisotopic (exact) mass is 250 g/mol. The molecule has 5 nitrogen and oxygen atoms in total. The smallest absolute Gasteiger partial charge is 0.197 e. The van der Waals surface area contributed by atoms with Crippen LogP contribution in [0.1, 0.15) is 23.3 Å². The highest BCUT2D eigenvalue weighted by Gasteiger charge is 2.53. The van der Waals surface area contributed by atoms with Gasteiger partial charge in [0.05, 0.1) is 14.2 Å². The number of fused-ring (bicyclic) bond motifs is 5. The van der Waals surface area contributed by atoms with Crippen LogP contribution in [-0.4, -0.2) is 33.2 Å². The Bertz CT molecular complexity index is 510. The van der Waals surface area contributed by atoms with Gasteiger partial charge in [-0.25, -0.2) is 0 Å². The normalized spacial score (nSPS) is 28.4. The molecule has 0 radical (unpaired) electrons. The highest BCUT2D eigenvalue weighted by atomic mass is 16.6. The lowest BCUT2D eigenvalue weighted by molar-refractivity contribution is -0.128. The van der Waals surface area contributed by atoms with Gasteiger partial charge in [0, 0.05) is 18.7 Å². The van der Waals surface area contributed by atoms with Crippen molar-refractivity contribution in [2.45, 2.75) is 18.3 Å². The summed E-state index contributed by atoms with van der Waals surface area (Å²) in [6.07, 6.45) is -1.46. The fraction of sp³-hybridized carbons (Fsp3) is 0.462.